The maximum Gasteiger partial charge on any atom is 0.306 e. The zero-order chi connectivity index (χ0) is 13.5. The first-order chi connectivity index (χ1) is 8.54. The van der Waals surface area contributed by atoms with E-state index < -0.39 is 17.8 Å². The number of hydrogen-bond donors (Lipinski definition) is 3. The molecular weight excluding hydrogens is 250 g/mol. The van der Waals surface area contributed by atoms with E-state index in [1.165, 1.54) is 0 Å². The van der Waals surface area contributed by atoms with E-state index in [9.17, 15) is 9.59 Å². The molecule has 0 saturated carbocycles. The fourth-order valence-corrected chi connectivity index (χ4v) is 1.97. The Morgan fingerprint density at radius 2 is 2.11 bits per heavy atom. The van der Waals surface area contributed by atoms with Crippen molar-refractivity contribution >= 4 is 24.5 Å². The van der Waals surface area contributed by atoms with Gasteiger partial charge in [0.05, 0.1) is 5.92 Å². The first kappa shape index (κ1) is 14.6. The van der Waals surface area contributed by atoms with E-state index in [-0.39, 0.29) is 0 Å². The topological polar surface area (TPSA) is 80.4 Å². The van der Waals surface area contributed by atoms with Crippen LogP contribution in [0.3, 0.4) is 0 Å². The van der Waals surface area contributed by atoms with Crippen LogP contribution in [0.1, 0.15) is 28.8 Å². The fourth-order valence-electron chi connectivity index (χ4n) is 1.79. The predicted molar refractivity (Wildman–Crippen MR) is 72.9 cm³/mol. The quantitative estimate of drug-likeness (QED) is 0.658. The number of carboxylic acid groups (broad SMARTS) is 1. The molecule has 1 atom stereocenters. The van der Waals surface area contributed by atoms with Gasteiger partial charge >= 0.3 is 5.97 Å². The van der Waals surface area contributed by atoms with Gasteiger partial charge in [0, 0.05) is 5.56 Å². The summed E-state index contributed by atoms with van der Waals surface area (Å²) in [6, 6.07) is 6.80. The Morgan fingerprint density at radius 3 is 2.67 bits per heavy atom. The second-order valence-electron chi connectivity index (χ2n) is 4.17. The van der Waals surface area contributed by atoms with Gasteiger partial charge in [-0.05, 0) is 42.7 Å². The highest BCUT2D eigenvalue weighted by molar-refractivity contribution is 7.80. The molecule has 1 amide bonds. The summed E-state index contributed by atoms with van der Waals surface area (Å²) in [5.74, 6) is -1.09. The van der Waals surface area contributed by atoms with Crippen LogP contribution >= 0.6 is 12.6 Å². The third-order valence-electron chi connectivity index (χ3n) is 2.75. The molecule has 4 nitrogen and oxygen atoms in total. The minimum absolute atomic E-state index is 0.407. The number of carbonyl (C=O) groups is 2. The average Bonchev–Trinajstić information content (AvgIpc) is 2.34. The number of rotatable bonds is 7. The SMILES string of the molecule is NC(=O)c1cccc(C[C@@H](CCCS)C(=O)O)c1. The number of primary amides is 1. The minimum Gasteiger partial charge on any atom is -0.481 e. The van der Waals surface area contributed by atoms with Crippen molar-refractivity contribution in [2.24, 2.45) is 11.7 Å². The Balaban J connectivity index is 2.77. The van der Waals surface area contributed by atoms with Gasteiger partial charge in [0.15, 0.2) is 0 Å². The number of carbonyl (C=O) groups excluding carboxylic acids is 1. The smallest absolute Gasteiger partial charge is 0.306 e. The van der Waals surface area contributed by atoms with Crippen molar-refractivity contribution in [2.75, 3.05) is 5.75 Å². The summed E-state index contributed by atoms with van der Waals surface area (Å²) in [5, 5.41) is 9.12. The van der Waals surface area contributed by atoms with E-state index in [1.54, 1.807) is 18.2 Å². The van der Waals surface area contributed by atoms with Crippen LogP contribution in [0.25, 0.3) is 0 Å². The third kappa shape index (κ3) is 4.41. The van der Waals surface area contributed by atoms with Gasteiger partial charge in [-0.25, -0.2) is 0 Å². The van der Waals surface area contributed by atoms with Crippen LogP contribution in [0, 0.1) is 5.92 Å². The summed E-state index contributed by atoms with van der Waals surface area (Å²) in [7, 11) is 0. The Labute approximate surface area is 112 Å². The van der Waals surface area contributed by atoms with E-state index in [0.717, 1.165) is 12.0 Å². The molecule has 0 aliphatic carbocycles. The van der Waals surface area contributed by atoms with E-state index >= 15 is 0 Å². The van der Waals surface area contributed by atoms with Crippen molar-refractivity contribution < 1.29 is 14.7 Å². The van der Waals surface area contributed by atoms with Gasteiger partial charge in [0.2, 0.25) is 5.91 Å². The first-order valence-electron chi connectivity index (χ1n) is 5.77. The average molecular weight is 267 g/mol. The zero-order valence-electron chi connectivity index (χ0n) is 10.0. The van der Waals surface area contributed by atoms with Crippen molar-refractivity contribution in [3.63, 3.8) is 0 Å². The number of amides is 1. The second-order valence-corrected chi connectivity index (χ2v) is 4.62. The van der Waals surface area contributed by atoms with E-state index in [0.29, 0.717) is 24.2 Å². The number of thiol groups is 1. The largest absolute Gasteiger partial charge is 0.481 e. The molecule has 1 aromatic carbocycles. The fraction of sp³-hybridized carbons (Fsp3) is 0.385. The third-order valence-corrected chi connectivity index (χ3v) is 3.07. The predicted octanol–water partition coefficient (Wildman–Crippen LogP) is 1.74. The van der Waals surface area contributed by atoms with Gasteiger partial charge in [-0.2, -0.15) is 12.6 Å². The Hall–Kier alpha value is -1.49. The maximum absolute atomic E-state index is 11.1. The number of carboxylic acids is 1. The summed E-state index contributed by atoms with van der Waals surface area (Å²) >= 11 is 4.08. The molecule has 1 rings (SSSR count). The van der Waals surface area contributed by atoms with Gasteiger partial charge in [0.25, 0.3) is 0 Å². The van der Waals surface area contributed by atoms with Crippen LogP contribution in [0.4, 0.5) is 0 Å². The van der Waals surface area contributed by atoms with Crippen molar-refractivity contribution in [1.82, 2.24) is 0 Å². The lowest BCUT2D eigenvalue weighted by atomic mass is 9.94. The molecule has 0 saturated heterocycles. The van der Waals surface area contributed by atoms with Crippen molar-refractivity contribution in [3.8, 4) is 0 Å². The molecule has 0 unspecified atom stereocenters. The summed E-state index contributed by atoms with van der Waals surface area (Å²) in [6.07, 6.45) is 1.75. The Bertz CT molecular complexity index is 434. The molecule has 0 spiro atoms. The molecular formula is C13H17NO3S. The van der Waals surface area contributed by atoms with Crippen molar-refractivity contribution in [3.05, 3.63) is 35.4 Å². The molecule has 5 heteroatoms. The highest BCUT2D eigenvalue weighted by Gasteiger charge is 2.17. The van der Waals surface area contributed by atoms with Crippen LogP contribution in [0.2, 0.25) is 0 Å². The van der Waals surface area contributed by atoms with Crippen molar-refractivity contribution in [2.45, 2.75) is 19.3 Å². The molecule has 0 bridgehead atoms. The molecule has 0 aliphatic heterocycles. The van der Waals surface area contributed by atoms with Gasteiger partial charge in [-0.1, -0.05) is 12.1 Å². The minimum atomic E-state index is -0.818. The Kier molecular flexibility index (Phi) is 5.71. The Morgan fingerprint density at radius 1 is 1.39 bits per heavy atom. The summed E-state index contributed by atoms with van der Waals surface area (Å²) in [5.41, 5.74) is 6.41. The molecule has 0 aliphatic rings. The number of benzene rings is 1. The van der Waals surface area contributed by atoms with E-state index in [1.807, 2.05) is 6.07 Å². The number of aliphatic carboxylic acids is 1. The molecule has 18 heavy (non-hydrogen) atoms. The molecule has 98 valence electrons. The molecule has 0 fully saturated rings. The zero-order valence-corrected chi connectivity index (χ0v) is 10.9. The molecule has 0 radical (unpaired) electrons. The molecule has 0 aromatic heterocycles. The molecule has 0 heterocycles. The summed E-state index contributed by atoms with van der Waals surface area (Å²) in [6.45, 7) is 0. The lowest BCUT2D eigenvalue weighted by Gasteiger charge is -2.12. The van der Waals surface area contributed by atoms with Crippen LogP contribution in [-0.4, -0.2) is 22.7 Å². The van der Waals surface area contributed by atoms with Crippen LogP contribution in [0.5, 0.6) is 0 Å². The van der Waals surface area contributed by atoms with Gasteiger partial charge in [-0.3, -0.25) is 9.59 Å². The first-order valence-corrected chi connectivity index (χ1v) is 6.40. The lowest BCUT2D eigenvalue weighted by Crippen LogP contribution is -2.17. The van der Waals surface area contributed by atoms with Crippen LogP contribution in [-0.2, 0) is 11.2 Å². The van der Waals surface area contributed by atoms with Crippen LogP contribution < -0.4 is 5.73 Å². The van der Waals surface area contributed by atoms with Gasteiger partial charge in [0.1, 0.15) is 0 Å². The van der Waals surface area contributed by atoms with Gasteiger partial charge < -0.3 is 10.8 Å². The number of hydrogen-bond acceptors (Lipinski definition) is 3. The van der Waals surface area contributed by atoms with E-state index in [4.69, 9.17) is 10.8 Å². The maximum atomic E-state index is 11.1. The normalized spacial score (nSPS) is 12.1. The second kappa shape index (κ2) is 7.06. The number of nitrogens with two attached hydrogens (primary N) is 1. The standard InChI is InChI=1S/C13H17NO3S/c14-12(15)10-4-1-3-9(7-10)8-11(13(16)17)5-2-6-18/h1,3-4,7,11,18H,2,5-6,8H2,(H2,14,15)(H,16,17)/t11-/m1/s1. The molecule has 3 N–H and O–H groups in total. The summed E-state index contributed by atoms with van der Waals surface area (Å²) in [4.78, 5) is 22.2. The lowest BCUT2D eigenvalue weighted by molar-refractivity contribution is -0.141. The highest BCUT2D eigenvalue weighted by Crippen LogP contribution is 2.16. The van der Waals surface area contributed by atoms with Gasteiger partial charge in [-0.15, -0.1) is 0 Å². The van der Waals surface area contributed by atoms with E-state index in [2.05, 4.69) is 12.6 Å². The summed E-state index contributed by atoms with van der Waals surface area (Å²) < 4.78 is 0. The monoisotopic (exact) mass is 267 g/mol. The highest BCUT2D eigenvalue weighted by atomic mass is 32.1. The van der Waals surface area contributed by atoms with Crippen LogP contribution in [0.15, 0.2) is 24.3 Å². The van der Waals surface area contributed by atoms with Crippen molar-refractivity contribution in [1.29, 1.82) is 0 Å². The molecule has 1 aromatic rings.